The van der Waals surface area contributed by atoms with Crippen LogP contribution in [0.15, 0.2) is 0 Å². The number of aliphatic carboxylic acids is 2. The summed E-state index contributed by atoms with van der Waals surface area (Å²) in [6.07, 6.45) is 28.4. The molecule has 0 heterocycles. The van der Waals surface area contributed by atoms with E-state index < -0.39 is 18.2 Å². The quantitative estimate of drug-likeness (QED) is 0.0634. The lowest BCUT2D eigenvalue weighted by atomic mass is 10.1. The molecule has 0 bridgehead atoms. The third-order valence-electron chi connectivity index (χ3n) is 6.55. The molecule has 0 radical (unpaired) electrons. The van der Waals surface area contributed by atoms with E-state index in [9.17, 15) is 9.59 Å². The van der Waals surface area contributed by atoms with Crippen LogP contribution in [0.4, 0.5) is 0 Å². The maximum Gasteiger partial charge on any atom is 0.303 e. The molecular weight excluding hydrogens is 480 g/mol. The molecule has 6 heteroatoms. The molecule has 0 aliphatic carbocycles. The molecular formula is C32H66O6. The van der Waals surface area contributed by atoms with Gasteiger partial charge < -0.3 is 20.4 Å². The second-order valence-corrected chi connectivity index (χ2v) is 10.6. The van der Waals surface area contributed by atoms with Gasteiger partial charge in [-0.2, -0.15) is 0 Å². The Morgan fingerprint density at radius 2 is 0.658 bits per heavy atom. The number of hydrogen-bond acceptors (Lipinski definition) is 4. The summed E-state index contributed by atoms with van der Waals surface area (Å²) in [5.74, 6) is -1.32. The molecule has 0 amide bonds. The molecule has 230 valence electrons. The lowest BCUT2D eigenvalue weighted by Gasteiger charge is -2.01. The monoisotopic (exact) mass is 546 g/mol. The molecule has 0 aromatic carbocycles. The second-order valence-electron chi connectivity index (χ2n) is 10.6. The van der Waals surface area contributed by atoms with Crippen molar-refractivity contribution in [3.05, 3.63) is 0 Å². The molecule has 0 unspecified atom stereocenters. The summed E-state index contributed by atoms with van der Waals surface area (Å²) >= 11 is 0. The van der Waals surface area contributed by atoms with Crippen LogP contribution in [0, 0.1) is 0 Å². The Bertz CT molecular complexity index is 419. The van der Waals surface area contributed by atoms with E-state index in [2.05, 4.69) is 20.8 Å². The summed E-state index contributed by atoms with van der Waals surface area (Å²) in [6.45, 7) is 6.56. The van der Waals surface area contributed by atoms with E-state index in [1.54, 1.807) is 0 Å². The standard InChI is InChI=1S/2C13H26O2.C6H14O2/c2*1-2-3-4-5-6-7-8-9-10-11-12-13(14)15;1-2-3-4-5-6(7)8/h2*2-12H2,1H3,(H,14,15);6-8H,2-5H2,1H3. The van der Waals surface area contributed by atoms with Crippen LogP contribution in [0.2, 0.25) is 0 Å². The topological polar surface area (TPSA) is 115 Å². The molecule has 6 nitrogen and oxygen atoms in total. The van der Waals surface area contributed by atoms with Crippen molar-refractivity contribution in [3.8, 4) is 0 Å². The molecule has 0 aromatic heterocycles. The van der Waals surface area contributed by atoms with Gasteiger partial charge in [0.15, 0.2) is 6.29 Å². The Balaban J connectivity index is -0.000000508. The number of rotatable bonds is 26. The zero-order valence-electron chi connectivity index (χ0n) is 25.6. The lowest BCUT2D eigenvalue weighted by Crippen LogP contribution is -2.02. The third-order valence-corrected chi connectivity index (χ3v) is 6.55. The average molecular weight is 547 g/mol. The van der Waals surface area contributed by atoms with Crippen molar-refractivity contribution in [1.29, 1.82) is 0 Å². The minimum absolute atomic E-state index is 0.344. The van der Waals surface area contributed by atoms with Crippen molar-refractivity contribution in [2.24, 2.45) is 0 Å². The van der Waals surface area contributed by atoms with Crippen LogP contribution >= 0.6 is 0 Å². The van der Waals surface area contributed by atoms with E-state index >= 15 is 0 Å². The fraction of sp³-hybridized carbons (Fsp3) is 0.938. The molecule has 0 saturated carbocycles. The molecule has 4 N–H and O–H groups in total. The number of carboxylic acids is 2. The summed E-state index contributed by atoms with van der Waals surface area (Å²) in [4.78, 5) is 20.5. The smallest absolute Gasteiger partial charge is 0.303 e. The number of carbonyl (C=O) groups is 2. The number of unbranched alkanes of at least 4 members (excludes halogenated alkanes) is 20. The summed E-state index contributed by atoms with van der Waals surface area (Å²) < 4.78 is 0. The number of aliphatic hydroxyl groups is 2. The van der Waals surface area contributed by atoms with Gasteiger partial charge in [0.25, 0.3) is 0 Å². The molecule has 0 atom stereocenters. The zero-order chi connectivity index (χ0) is 29.1. The predicted molar refractivity (Wildman–Crippen MR) is 161 cm³/mol. The highest BCUT2D eigenvalue weighted by Gasteiger charge is 1.97. The fourth-order valence-electron chi connectivity index (χ4n) is 4.10. The summed E-state index contributed by atoms with van der Waals surface area (Å²) in [5, 5.41) is 33.5. The largest absolute Gasteiger partial charge is 0.481 e. The van der Waals surface area contributed by atoms with Crippen LogP contribution in [0.3, 0.4) is 0 Å². The van der Waals surface area contributed by atoms with Gasteiger partial charge in [0.2, 0.25) is 0 Å². The number of aliphatic hydroxyl groups excluding tert-OH is 1. The highest BCUT2D eigenvalue weighted by Crippen LogP contribution is 2.12. The lowest BCUT2D eigenvalue weighted by molar-refractivity contribution is -0.138. The predicted octanol–water partition coefficient (Wildman–Crippen LogP) is 9.64. The summed E-state index contributed by atoms with van der Waals surface area (Å²) in [6, 6.07) is 0. The Morgan fingerprint density at radius 3 is 0.895 bits per heavy atom. The molecule has 38 heavy (non-hydrogen) atoms. The zero-order valence-corrected chi connectivity index (χ0v) is 25.6. The van der Waals surface area contributed by atoms with Gasteiger partial charge in [0, 0.05) is 12.8 Å². The van der Waals surface area contributed by atoms with Gasteiger partial charge in [-0.3, -0.25) is 9.59 Å². The van der Waals surface area contributed by atoms with Crippen molar-refractivity contribution in [2.75, 3.05) is 0 Å². The van der Waals surface area contributed by atoms with Crippen molar-refractivity contribution in [2.45, 2.75) is 194 Å². The van der Waals surface area contributed by atoms with Gasteiger partial charge in [-0.15, -0.1) is 0 Å². The van der Waals surface area contributed by atoms with Gasteiger partial charge in [-0.25, -0.2) is 0 Å². The normalized spacial score (nSPS) is 10.5. The van der Waals surface area contributed by atoms with Crippen molar-refractivity contribution in [1.82, 2.24) is 0 Å². The number of hydrogen-bond donors (Lipinski definition) is 4. The Labute approximate surface area is 236 Å². The molecule has 0 rings (SSSR count). The van der Waals surface area contributed by atoms with E-state index in [4.69, 9.17) is 20.4 Å². The van der Waals surface area contributed by atoms with Crippen LogP contribution in [0.25, 0.3) is 0 Å². The molecule has 0 aromatic rings. The highest BCUT2D eigenvalue weighted by molar-refractivity contribution is 5.66. The Hall–Kier alpha value is -1.14. The minimum atomic E-state index is -1.10. The van der Waals surface area contributed by atoms with Gasteiger partial charge in [-0.05, 0) is 25.7 Å². The first kappa shape index (κ1) is 41.3. The van der Waals surface area contributed by atoms with Gasteiger partial charge in [0.05, 0.1) is 0 Å². The van der Waals surface area contributed by atoms with Gasteiger partial charge in [0.1, 0.15) is 0 Å². The van der Waals surface area contributed by atoms with Gasteiger partial charge >= 0.3 is 11.9 Å². The molecule has 0 saturated heterocycles. The first-order chi connectivity index (χ1) is 18.3. The first-order valence-corrected chi connectivity index (χ1v) is 16.1. The average Bonchev–Trinajstić information content (AvgIpc) is 2.87. The first-order valence-electron chi connectivity index (χ1n) is 16.1. The fourth-order valence-corrected chi connectivity index (χ4v) is 4.10. The van der Waals surface area contributed by atoms with Crippen molar-refractivity contribution < 1.29 is 30.0 Å². The second kappa shape index (κ2) is 38.0. The Morgan fingerprint density at radius 1 is 0.421 bits per heavy atom. The van der Waals surface area contributed by atoms with Crippen LogP contribution in [0.5, 0.6) is 0 Å². The molecule has 0 fully saturated rings. The SMILES string of the molecule is CCCCCC(O)O.CCCCCCCCCCCCC(=O)O.CCCCCCCCCCCCC(=O)O. The van der Waals surface area contributed by atoms with Crippen molar-refractivity contribution in [3.63, 3.8) is 0 Å². The maximum absolute atomic E-state index is 10.2. The van der Waals surface area contributed by atoms with Crippen LogP contribution < -0.4 is 0 Å². The van der Waals surface area contributed by atoms with E-state index in [0.29, 0.717) is 19.3 Å². The summed E-state index contributed by atoms with van der Waals surface area (Å²) in [7, 11) is 0. The molecule has 0 aliphatic heterocycles. The van der Waals surface area contributed by atoms with E-state index in [1.807, 2.05) is 0 Å². The highest BCUT2D eigenvalue weighted by atomic mass is 16.5. The van der Waals surface area contributed by atoms with Crippen molar-refractivity contribution >= 4 is 11.9 Å². The van der Waals surface area contributed by atoms with E-state index in [-0.39, 0.29) is 0 Å². The van der Waals surface area contributed by atoms with Crippen LogP contribution in [0.1, 0.15) is 188 Å². The van der Waals surface area contributed by atoms with E-state index in [1.165, 1.54) is 103 Å². The Kier molecular flexibility index (Phi) is 41.4. The van der Waals surface area contributed by atoms with Gasteiger partial charge in [-0.1, -0.05) is 149 Å². The van der Waals surface area contributed by atoms with E-state index in [0.717, 1.165) is 44.9 Å². The minimum Gasteiger partial charge on any atom is -0.481 e. The van der Waals surface area contributed by atoms with Crippen LogP contribution in [-0.4, -0.2) is 38.7 Å². The third kappa shape index (κ3) is 51.5. The maximum atomic E-state index is 10.2. The van der Waals surface area contributed by atoms with Crippen LogP contribution in [-0.2, 0) is 9.59 Å². The number of carboxylic acid groups (broad SMARTS) is 2. The summed E-state index contributed by atoms with van der Waals surface area (Å²) in [5.41, 5.74) is 0. The molecule has 0 spiro atoms. The molecule has 0 aliphatic rings.